The second kappa shape index (κ2) is 5.90. The van der Waals surface area contributed by atoms with E-state index in [1.807, 2.05) is 0 Å². The Bertz CT molecular complexity index is 436. The average Bonchev–Trinajstić information content (AvgIpc) is 2.37. The third kappa shape index (κ3) is 2.91. The molecule has 1 rings (SSSR count). The number of methoxy groups -OCH3 is 2. The van der Waals surface area contributed by atoms with E-state index in [4.69, 9.17) is 19.9 Å². The van der Waals surface area contributed by atoms with Crippen molar-refractivity contribution in [1.29, 1.82) is 0 Å². The number of ether oxygens (including phenoxy) is 3. The van der Waals surface area contributed by atoms with Crippen LogP contribution in [0.4, 0.5) is 0 Å². The van der Waals surface area contributed by atoms with E-state index in [9.17, 15) is 9.59 Å². The molecule has 0 aromatic heterocycles. The number of esters is 1. The molecule has 1 amide bonds. The molecule has 18 heavy (non-hydrogen) atoms. The molecule has 0 heterocycles. The van der Waals surface area contributed by atoms with Gasteiger partial charge in [0.15, 0.2) is 6.10 Å². The Kier molecular flexibility index (Phi) is 4.53. The zero-order valence-corrected chi connectivity index (χ0v) is 10.4. The van der Waals surface area contributed by atoms with Gasteiger partial charge in [-0.2, -0.15) is 0 Å². The van der Waals surface area contributed by atoms with Crippen LogP contribution in [-0.4, -0.2) is 32.2 Å². The molecule has 0 saturated heterocycles. The van der Waals surface area contributed by atoms with Crippen LogP contribution in [0.2, 0.25) is 0 Å². The molecule has 1 atom stereocenters. The number of carbonyl (C=O) groups is 2. The maximum Gasteiger partial charge on any atom is 0.346 e. The third-order valence-corrected chi connectivity index (χ3v) is 2.32. The van der Waals surface area contributed by atoms with Crippen LogP contribution in [0.25, 0.3) is 0 Å². The highest BCUT2D eigenvalue weighted by Gasteiger charge is 2.23. The molecule has 0 aliphatic carbocycles. The summed E-state index contributed by atoms with van der Waals surface area (Å²) in [5.74, 6) is -0.847. The molecule has 0 unspecified atom stereocenters. The van der Waals surface area contributed by atoms with Crippen LogP contribution in [0.1, 0.15) is 17.3 Å². The number of hydrogen-bond acceptors (Lipinski definition) is 5. The van der Waals surface area contributed by atoms with E-state index >= 15 is 0 Å². The molecule has 6 nitrogen and oxygen atoms in total. The van der Waals surface area contributed by atoms with E-state index in [1.54, 1.807) is 18.2 Å². The maximum atomic E-state index is 11.9. The molecule has 6 heteroatoms. The number of nitrogens with two attached hydrogens (primary N) is 1. The number of amides is 1. The topological polar surface area (TPSA) is 87.8 Å². The molecule has 2 N–H and O–H groups in total. The van der Waals surface area contributed by atoms with Gasteiger partial charge in [-0.3, -0.25) is 4.79 Å². The Hall–Kier alpha value is -2.24. The Labute approximate surface area is 105 Å². The molecular formula is C12H15NO5. The normalized spacial score (nSPS) is 11.5. The largest absolute Gasteiger partial charge is 0.496 e. The summed E-state index contributed by atoms with van der Waals surface area (Å²) in [6, 6.07) is 4.86. The first-order valence-corrected chi connectivity index (χ1v) is 5.22. The van der Waals surface area contributed by atoms with Gasteiger partial charge in [-0.1, -0.05) is 6.07 Å². The second-order valence-electron chi connectivity index (χ2n) is 3.49. The summed E-state index contributed by atoms with van der Waals surface area (Å²) in [6.07, 6.45) is -1.02. The fourth-order valence-corrected chi connectivity index (χ4v) is 1.33. The van der Waals surface area contributed by atoms with Gasteiger partial charge < -0.3 is 19.9 Å². The lowest BCUT2D eigenvalue weighted by Crippen LogP contribution is -2.30. The Morgan fingerprint density at radius 1 is 1.17 bits per heavy atom. The summed E-state index contributed by atoms with van der Waals surface area (Å²) in [5.41, 5.74) is 5.15. The van der Waals surface area contributed by atoms with Crippen LogP contribution >= 0.6 is 0 Å². The summed E-state index contributed by atoms with van der Waals surface area (Å²) in [7, 11) is 2.84. The van der Waals surface area contributed by atoms with E-state index < -0.39 is 18.0 Å². The lowest BCUT2D eigenvalue weighted by Gasteiger charge is -2.14. The highest BCUT2D eigenvalue weighted by atomic mass is 16.6. The fourth-order valence-electron chi connectivity index (χ4n) is 1.33. The number of rotatable bonds is 5. The van der Waals surface area contributed by atoms with Gasteiger partial charge in [-0.25, -0.2) is 4.79 Å². The summed E-state index contributed by atoms with van der Waals surface area (Å²) in [6.45, 7) is 1.39. The SMILES string of the molecule is COc1cccc(OC)c1C(=O)O[C@H](C)C(N)=O. The second-order valence-corrected chi connectivity index (χ2v) is 3.49. The Balaban J connectivity index is 3.07. The quantitative estimate of drug-likeness (QED) is 0.782. The van der Waals surface area contributed by atoms with Crippen LogP contribution in [-0.2, 0) is 9.53 Å². The van der Waals surface area contributed by atoms with E-state index in [2.05, 4.69) is 0 Å². The van der Waals surface area contributed by atoms with Crippen molar-refractivity contribution in [3.05, 3.63) is 23.8 Å². The van der Waals surface area contributed by atoms with Gasteiger partial charge in [-0.05, 0) is 19.1 Å². The summed E-state index contributed by atoms with van der Waals surface area (Å²) >= 11 is 0. The van der Waals surface area contributed by atoms with Crippen LogP contribution in [0, 0.1) is 0 Å². The van der Waals surface area contributed by atoms with E-state index in [0.717, 1.165) is 0 Å². The number of primary amides is 1. The van der Waals surface area contributed by atoms with Gasteiger partial charge in [0, 0.05) is 0 Å². The van der Waals surface area contributed by atoms with Gasteiger partial charge in [0.25, 0.3) is 5.91 Å². The van der Waals surface area contributed by atoms with Crippen LogP contribution in [0.5, 0.6) is 11.5 Å². The van der Waals surface area contributed by atoms with E-state index in [1.165, 1.54) is 21.1 Å². The molecular weight excluding hydrogens is 238 g/mol. The van der Waals surface area contributed by atoms with Crippen molar-refractivity contribution in [2.24, 2.45) is 5.73 Å². The molecule has 1 aromatic carbocycles. The van der Waals surface area contributed by atoms with Crippen LogP contribution in [0.3, 0.4) is 0 Å². The van der Waals surface area contributed by atoms with Crippen molar-refractivity contribution in [2.45, 2.75) is 13.0 Å². The predicted octanol–water partition coefficient (Wildman–Crippen LogP) is 0.734. The molecule has 98 valence electrons. The monoisotopic (exact) mass is 253 g/mol. The third-order valence-electron chi connectivity index (χ3n) is 2.32. The standard InChI is InChI=1S/C12H15NO5/c1-7(11(13)14)18-12(15)10-8(16-2)5-4-6-9(10)17-3/h4-7H,1-3H3,(H2,13,14)/t7-/m1/s1. The molecule has 0 fully saturated rings. The molecule has 0 aliphatic rings. The molecule has 1 aromatic rings. The number of benzene rings is 1. The van der Waals surface area contributed by atoms with E-state index in [0.29, 0.717) is 11.5 Å². The number of hydrogen-bond donors (Lipinski definition) is 1. The highest BCUT2D eigenvalue weighted by Crippen LogP contribution is 2.29. The van der Waals surface area contributed by atoms with Crippen molar-refractivity contribution in [1.82, 2.24) is 0 Å². The average molecular weight is 253 g/mol. The van der Waals surface area contributed by atoms with Gasteiger partial charge in [0.05, 0.1) is 14.2 Å². The van der Waals surface area contributed by atoms with Gasteiger partial charge in [0.1, 0.15) is 17.1 Å². The predicted molar refractivity (Wildman–Crippen MR) is 63.6 cm³/mol. The summed E-state index contributed by atoms with van der Waals surface area (Å²) in [4.78, 5) is 22.8. The first kappa shape index (κ1) is 13.8. The van der Waals surface area contributed by atoms with Crippen molar-refractivity contribution in [2.75, 3.05) is 14.2 Å². The molecule has 0 radical (unpaired) electrons. The highest BCUT2D eigenvalue weighted by molar-refractivity contribution is 5.97. The minimum Gasteiger partial charge on any atom is -0.496 e. The summed E-state index contributed by atoms with van der Waals surface area (Å²) in [5, 5.41) is 0. The molecule has 0 saturated carbocycles. The Morgan fingerprint density at radius 2 is 1.67 bits per heavy atom. The smallest absolute Gasteiger partial charge is 0.346 e. The lowest BCUT2D eigenvalue weighted by molar-refractivity contribution is -0.125. The first-order chi connectivity index (χ1) is 8.51. The molecule has 0 bridgehead atoms. The zero-order valence-electron chi connectivity index (χ0n) is 10.4. The van der Waals surface area contributed by atoms with Crippen LogP contribution in [0.15, 0.2) is 18.2 Å². The first-order valence-electron chi connectivity index (χ1n) is 5.22. The number of carbonyl (C=O) groups excluding carboxylic acids is 2. The van der Waals surface area contributed by atoms with Crippen molar-refractivity contribution >= 4 is 11.9 Å². The lowest BCUT2D eigenvalue weighted by atomic mass is 10.1. The van der Waals surface area contributed by atoms with Crippen LogP contribution < -0.4 is 15.2 Å². The minimum atomic E-state index is -1.02. The fraction of sp³-hybridized carbons (Fsp3) is 0.333. The minimum absolute atomic E-state index is 0.121. The summed E-state index contributed by atoms with van der Waals surface area (Å²) < 4.78 is 15.0. The van der Waals surface area contributed by atoms with Gasteiger partial charge in [-0.15, -0.1) is 0 Å². The van der Waals surface area contributed by atoms with Crippen molar-refractivity contribution < 1.29 is 23.8 Å². The maximum absolute atomic E-state index is 11.9. The van der Waals surface area contributed by atoms with Gasteiger partial charge in [0.2, 0.25) is 0 Å². The van der Waals surface area contributed by atoms with E-state index in [-0.39, 0.29) is 5.56 Å². The van der Waals surface area contributed by atoms with Crippen molar-refractivity contribution in [3.8, 4) is 11.5 Å². The van der Waals surface area contributed by atoms with Gasteiger partial charge >= 0.3 is 5.97 Å². The van der Waals surface area contributed by atoms with Crippen molar-refractivity contribution in [3.63, 3.8) is 0 Å². The zero-order chi connectivity index (χ0) is 13.7. The Morgan fingerprint density at radius 3 is 2.06 bits per heavy atom. The molecule has 0 spiro atoms. The molecule has 0 aliphatic heterocycles.